The molecule has 5 heteroatoms. The summed E-state index contributed by atoms with van der Waals surface area (Å²) >= 11 is 0. The summed E-state index contributed by atoms with van der Waals surface area (Å²) in [5, 5.41) is 0. The number of carbonyl (C=O) groups is 3. The Bertz CT molecular complexity index is 742. The van der Waals surface area contributed by atoms with Gasteiger partial charge in [-0.3, -0.25) is 14.4 Å². The molecule has 1 aliphatic carbocycles. The van der Waals surface area contributed by atoms with Gasteiger partial charge in [-0.25, -0.2) is 0 Å². The molecule has 1 aliphatic rings. The number of rotatable bonds is 7. The molecule has 0 spiro atoms. The molecule has 0 heterocycles. The van der Waals surface area contributed by atoms with E-state index in [0.717, 1.165) is 5.57 Å². The van der Waals surface area contributed by atoms with E-state index < -0.39 is 11.3 Å². The minimum atomic E-state index is -0.588. The predicted molar refractivity (Wildman–Crippen MR) is 91.1 cm³/mol. The average molecular weight is 325 g/mol. The summed E-state index contributed by atoms with van der Waals surface area (Å²) in [5.74, 6) is -0.0748. The molecule has 2 N–H and O–H groups in total. The maximum Gasteiger partial charge on any atom is 0.199 e. The van der Waals surface area contributed by atoms with E-state index in [1.807, 2.05) is 37.3 Å². The first-order valence-corrected chi connectivity index (χ1v) is 7.49. The third kappa shape index (κ3) is 4.86. The predicted octanol–water partition coefficient (Wildman–Crippen LogP) is 1.96. The molecular formula is C19H19NO4. The molecule has 1 aromatic carbocycles. The molecular weight excluding hydrogens is 306 g/mol. The van der Waals surface area contributed by atoms with Crippen LogP contribution in [0, 0.1) is 0 Å². The van der Waals surface area contributed by atoms with Gasteiger partial charge in [-0.1, -0.05) is 30.4 Å². The number of hydrogen-bond acceptors (Lipinski definition) is 5. The first-order valence-electron chi connectivity index (χ1n) is 7.49. The zero-order valence-corrected chi connectivity index (χ0v) is 13.4. The second-order valence-electron chi connectivity index (χ2n) is 5.83. The summed E-state index contributed by atoms with van der Waals surface area (Å²) in [7, 11) is 0. The Balaban J connectivity index is 2.14. The van der Waals surface area contributed by atoms with Gasteiger partial charge in [0.2, 0.25) is 0 Å². The summed E-state index contributed by atoms with van der Waals surface area (Å²) in [5.41, 5.74) is 7.30. The van der Waals surface area contributed by atoms with E-state index in [-0.39, 0.29) is 12.7 Å². The third-order valence-electron chi connectivity index (χ3n) is 3.52. The molecule has 0 saturated heterocycles. The second kappa shape index (κ2) is 7.66. The topological polar surface area (TPSA) is 86.5 Å². The molecule has 0 bridgehead atoms. The molecule has 2 rings (SSSR count). The fourth-order valence-electron chi connectivity index (χ4n) is 2.36. The quantitative estimate of drug-likeness (QED) is 0.612. The molecule has 5 nitrogen and oxygen atoms in total. The van der Waals surface area contributed by atoms with E-state index in [1.54, 1.807) is 18.2 Å². The van der Waals surface area contributed by atoms with Crippen LogP contribution < -0.4 is 10.5 Å². The fraction of sp³-hybridized carbons (Fsp3) is 0.211. The van der Waals surface area contributed by atoms with Crippen molar-refractivity contribution in [2.75, 3.05) is 6.61 Å². The normalized spacial score (nSPS) is 19.3. The maximum absolute atomic E-state index is 11.3. The Morgan fingerprint density at radius 3 is 2.79 bits per heavy atom. The molecule has 0 aliphatic heterocycles. The van der Waals surface area contributed by atoms with Gasteiger partial charge in [0.15, 0.2) is 12.1 Å². The highest BCUT2D eigenvalue weighted by Gasteiger charge is 2.13. The molecule has 0 fully saturated rings. The number of allylic oxidation sites excluding steroid dienone is 2. The highest BCUT2D eigenvalue weighted by atomic mass is 16.5. The highest BCUT2D eigenvalue weighted by Crippen LogP contribution is 2.20. The number of ketones is 1. The lowest BCUT2D eigenvalue weighted by Crippen LogP contribution is -2.31. The molecule has 1 unspecified atom stereocenters. The Labute approximate surface area is 140 Å². The molecule has 0 aromatic heterocycles. The highest BCUT2D eigenvalue weighted by molar-refractivity contribution is 6.25. The van der Waals surface area contributed by atoms with Crippen molar-refractivity contribution in [2.45, 2.75) is 18.9 Å². The second-order valence-corrected chi connectivity index (χ2v) is 5.83. The van der Waals surface area contributed by atoms with Crippen LogP contribution in [0.3, 0.4) is 0 Å². The van der Waals surface area contributed by atoms with Gasteiger partial charge in [0.25, 0.3) is 0 Å². The van der Waals surface area contributed by atoms with Gasteiger partial charge in [0.1, 0.15) is 18.6 Å². The standard InChI is InChI=1S/C19H19NO4/c1-19(20)7-3-2-4-14(10-19)13-24-18-6-5-15(11-21)16(9-18)8-17(23)12-22/h2-7,9-12H,8,13,20H2,1H3. The van der Waals surface area contributed by atoms with Crippen molar-refractivity contribution in [3.05, 3.63) is 65.3 Å². The van der Waals surface area contributed by atoms with E-state index in [9.17, 15) is 14.4 Å². The molecule has 24 heavy (non-hydrogen) atoms. The molecule has 1 aromatic rings. The Kier molecular flexibility index (Phi) is 5.60. The summed E-state index contributed by atoms with van der Waals surface area (Å²) in [6, 6.07) is 4.83. The van der Waals surface area contributed by atoms with Gasteiger partial charge in [-0.05, 0) is 36.3 Å². The van der Waals surface area contributed by atoms with Gasteiger partial charge in [0, 0.05) is 12.0 Å². The molecule has 1 atom stereocenters. The van der Waals surface area contributed by atoms with Crippen LogP contribution in [0.2, 0.25) is 0 Å². The Hall–Kier alpha value is -2.79. The maximum atomic E-state index is 11.3. The SMILES string of the molecule is CC1(N)C=CC=CC(COc2ccc(C=O)c(CC(=O)C=O)c2)=C1. The van der Waals surface area contributed by atoms with Crippen LogP contribution in [0.5, 0.6) is 5.75 Å². The van der Waals surface area contributed by atoms with E-state index in [4.69, 9.17) is 10.5 Å². The first kappa shape index (κ1) is 17.6. The van der Waals surface area contributed by atoms with Crippen molar-refractivity contribution in [2.24, 2.45) is 5.73 Å². The molecule has 124 valence electrons. The van der Waals surface area contributed by atoms with Gasteiger partial charge < -0.3 is 10.5 Å². The van der Waals surface area contributed by atoms with Crippen LogP contribution >= 0.6 is 0 Å². The minimum absolute atomic E-state index is 0.123. The zero-order valence-electron chi connectivity index (χ0n) is 13.4. The number of carbonyl (C=O) groups excluding carboxylic acids is 3. The van der Waals surface area contributed by atoms with Gasteiger partial charge >= 0.3 is 0 Å². The number of ether oxygens (including phenoxy) is 1. The summed E-state index contributed by atoms with van der Waals surface area (Å²) in [6.45, 7) is 2.19. The first-order chi connectivity index (χ1) is 11.4. The van der Waals surface area contributed by atoms with Crippen LogP contribution in [0.1, 0.15) is 22.8 Å². The van der Waals surface area contributed by atoms with E-state index in [2.05, 4.69) is 0 Å². The lowest BCUT2D eigenvalue weighted by Gasteiger charge is -2.16. The molecule has 0 amide bonds. The summed E-state index contributed by atoms with van der Waals surface area (Å²) in [6.07, 6.45) is 10.2. The van der Waals surface area contributed by atoms with Crippen molar-refractivity contribution < 1.29 is 19.1 Å². The zero-order chi connectivity index (χ0) is 17.6. The third-order valence-corrected chi connectivity index (χ3v) is 3.52. The van der Waals surface area contributed by atoms with Crippen LogP contribution in [-0.4, -0.2) is 30.5 Å². The van der Waals surface area contributed by atoms with E-state index in [0.29, 0.717) is 29.8 Å². The van der Waals surface area contributed by atoms with E-state index >= 15 is 0 Å². The van der Waals surface area contributed by atoms with E-state index in [1.165, 1.54) is 0 Å². The monoisotopic (exact) mass is 325 g/mol. The lowest BCUT2D eigenvalue weighted by molar-refractivity contribution is -0.129. The minimum Gasteiger partial charge on any atom is -0.489 e. The largest absolute Gasteiger partial charge is 0.489 e. The van der Waals surface area contributed by atoms with Crippen molar-refractivity contribution in [3.63, 3.8) is 0 Å². The van der Waals surface area contributed by atoms with Gasteiger partial charge in [0.05, 0.1) is 5.54 Å². The number of aldehydes is 2. The van der Waals surface area contributed by atoms with Gasteiger partial charge in [-0.2, -0.15) is 0 Å². The van der Waals surface area contributed by atoms with Crippen LogP contribution in [0.25, 0.3) is 0 Å². The van der Waals surface area contributed by atoms with Crippen molar-refractivity contribution in [3.8, 4) is 5.75 Å². The number of nitrogens with two attached hydrogens (primary N) is 1. The van der Waals surface area contributed by atoms with Crippen LogP contribution in [0.4, 0.5) is 0 Å². The number of Topliss-reactive ketones (excluding diaryl/α,β-unsaturated/α-hetero) is 1. The Morgan fingerprint density at radius 2 is 2.08 bits per heavy atom. The number of hydrogen-bond donors (Lipinski definition) is 1. The fourth-order valence-corrected chi connectivity index (χ4v) is 2.36. The summed E-state index contributed by atoms with van der Waals surface area (Å²) < 4.78 is 5.73. The lowest BCUT2D eigenvalue weighted by atomic mass is 10.0. The molecule has 0 radical (unpaired) electrons. The van der Waals surface area contributed by atoms with Crippen molar-refractivity contribution in [1.29, 1.82) is 0 Å². The van der Waals surface area contributed by atoms with Crippen molar-refractivity contribution >= 4 is 18.4 Å². The Morgan fingerprint density at radius 1 is 1.29 bits per heavy atom. The van der Waals surface area contributed by atoms with Crippen LogP contribution in [0.15, 0.2) is 54.2 Å². The van der Waals surface area contributed by atoms with Crippen molar-refractivity contribution in [1.82, 2.24) is 0 Å². The molecule has 0 saturated carbocycles. The smallest absolute Gasteiger partial charge is 0.199 e. The number of benzene rings is 1. The summed E-state index contributed by atoms with van der Waals surface area (Å²) in [4.78, 5) is 32.9. The van der Waals surface area contributed by atoms with Crippen LogP contribution in [-0.2, 0) is 16.0 Å². The van der Waals surface area contributed by atoms with Gasteiger partial charge in [-0.15, -0.1) is 0 Å². The average Bonchev–Trinajstić information content (AvgIpc) is 2.73.